The van der Waals surface area contributed by atoms with Crippen LogP contribution in [0.1, 0.15) is 13.8 Å². The van der Waals surface area contributed by atoms with E-state index in [2.05, 4.69) is 15.4 Å². The highest BCUT2D eigenvalue weighted by molar-refractivity contribution is 5.94. The molecule has 0 radical (unpaired) electrons. The minimum atomic E-state index is -0.280. The molecule has 2 heterocycles. The van der Waals surface area contributed by atoms with Crippen LogP contribution in [0, 0.1) is 0 Å². The van der Waals surface area contributed by atoms with Gasteiger partial charge in [-0.25, -0.2) is 4.98 Å². The third kappa shape index (κ3) is 4.18. The lowest BCUT2D eigenvalue weighted by Gasteiger charge is -2.27. The minimum Gasteiger partial charge on any atom is -0.356 e. The fraction of sp³-hybridized carbons (Fsp3) is 0.217. The van der Waals surface area contributed by atoms with E-state index in [0.29, 0.717) is 11.0 Å². The van der Waals surface area contributed by atoms with E-state index in [-0.39, 0.29) is 24.1 Å². The molecule has 8 nitrogen and oxygen atoms in total. The second-order valence-corrected chi connectivity index (χ2v) is 7.58. The van der Waals surface area contributed by atoms with E-state index in [0.717, 1.165) is 17.1 Å². The fourth-order valence-electron chi connectivity index (χ4n) is 3.52. The Balaban J connectivity index is 1.55. The van der Waals surface area contributed by atoms with Crippen LogP contribution in [0.25, 0.3) is 11.0 Å². The molecule has 8 heteroatoms. The molecule has 1 amide bonds. The standard InChI is InChI=1S/C23H24N6O2/c1-16(2)29(19-11-9-18(10-12-19)26-17-7-5-4-6-8-17)21(30)14-28-15-24-22-20(23(28)31)13-25-27(22)3/h4-13,15-16,26H,14H2,1-3H3. The van der Waals surface area contributed by atoms with E-state index in [1.54, 1.807) is 11.9 Å². The Hall–Kier alpha value is -3.94. The second-order valence-electron chi connectivity index (χ2n) is 7.58. The first-order valence-electron chi connectivity index (χ1n) is 10.1. The van der Waals surface area contributed by atoms with E-state index in [1.807, 2.05) is 68.4 Å². The van der Waals surface area contributed by atoms with Gasteiger partial charge in [-0.15, -0.1) is 0 Å². The number of para-hydroxylation sites is 1. The number of carbonyl (C=O) groups excluding carboxylic acids is 1. The van der Waals surface area contributed by atoms with Gasteiger partial charge < -0.3 is 10.2 Å². The van der Waals surface area contributed by atoms with Crippen LogP contribution in [0.4, 0.5) is 17.1 Å². The summed E-state index contributed by atoms with van der Waals surface area (Å²) in [5.41, 5.74) is 2.90. The molecule has 31 heavy (non-hydrogen) atoms. The number of hydrogen-bond donors (Lipinski definition) is 1. The third-order valence-electron chi connectivity index (χ3n) is 5.02. The van der Waals surface area contributed by atoms with Crippen molar-refractivity contribution in [2.75, 3.05) is 10.2 Å². The minimum absolute atomic E-state index is 0.0776. The Labute approximate surface area is 179 Å². The number of benzene rings is 2. The fourth-order valence-corrected chi connectivity index (χ4v) is 3.52. The summed E-state index contributed by atoms with van der Waals surface area (Å²) in [5.74, 6) is -0.189. The predicted octanol–water partition coefficient (Wildman–Crippen LogP) is 3.32. The van der Waals surface area contributed by atoms with Crippen LogP contribution in [0.5, 0.6) is 0 Å². The molecular formula is C23H24N6O2. The molecule has 158 valence electrons. The summed E-state index contributed by atoms with van der Waals surface area (Å²) in [6, 6.07) is 17.5. The van der Waals surface area contributed by atoms with Gasteiger partial charge in [0.05, 0.1) is 6.20 Å². The number of fused-ring (bicyclic) bond motifs is 1. The molecule has 0 bridgehead atoms. The summed E-state index contributed by atoms with van der Waals surface area (Å²) in [4.78, 5) is 31.8. The van der Waals surface area contributed by atoms with Gasteiger partial charge in [0.15, 0.2) is 5.65 Å². The van der Waals surface area contributed by atoms with E-state index in [4.69, 9.17) is 0 Å². The summed E-state index contributed by atoms with van der Waals surface area (Å²) in [6.45, 7) is 3.79. The highest BCUT2D eigenvalue weighted by Crippen LogP contribution is 2.23. The van der Waals surface area contributed by atoms with Gasteiger partial charge in [0.1, 0.15) is 18.3 Å². The van der Waals surface area contributed by atoms with Crippen molar-refractivity contribution in [2.45, 2.75) is 26.4 Å². The Morgan fingerprint density at radius 2 is 1.74 bits per heavy atom. The van der Waals surface area contributed by atoms with E-state index in [1.165, 1.54) is 21.8 Å². The van der Waals surface area contributed by atoms with Crippen LogP contribution in [0.2, 0.25) is 0 Å². The van der Waals surface area contributed by atoms with Gasteiger partial charge in [-0.2, -0.15) is 5.10 Å². The SMILES string of the molecule is CC(C)N(C(=O)Cn1cnc2c(cnn2C)c1=O)c1ccc(Nc2ccccc2)cc1. The predicted molar refractivity (Wildman–Crippen MR) is 122 cm³/mol. The molecule has 0 aliphatic heterocycles. The molecule has 0 atom stereocenters. The normalized spacial score (nSPS) is 11.1. The van der Waals surface area contributed by atoms with Gasteiger partial charge in [-0.3, -0.25) is 18.8 Å². The Bertz CT molecular complexity index is 1260. The molecule has 0 saturated carbocycles. The largest absolute Gasteiger partial charge is 0.356 e. The number of rotatable bonds is 6. The molecule has 2 aromatic heterocycles. The number of anilines is 3. The van der Waals surface area contributed by atoms with Gasteiger partial charge in [0.25, 0.3) is 5.56 Å². The van der Waals surface area contributed by atoms with Crippen molar-refractivity contribution in [1.29, 1.82) is 0 Å². The maximum absolute atomic E-state index is 13.1. The van der Waals surface area contributed by atoms with Gasteiger partial charge in [0.2, 0.25) is 5.91 Å². The van der Waals surface area contributed by atoms with E-state index < -0.39 is 0 Å². The zero-order valence-corrected chi connectivity index (χ0v) is 17.7. The maximum atomic E-state index is 13.1. The van der Waals surface area contributed by atoms with Crippen LogP contribution in [-0.2, 0) is 18.4 Å². The van der Waals surface area contributed by atoms with Crippen LogP contribution < -0.4 is 15.8 Å². The zero-order chi connectivity index (χ0) is 22.0. The smallest absolute Gasteiger partial charge is 0.264 e. The quantitative estimate of drug-likeness (QED) is 0.521. The maximum Gasteiger partial charge on any atom is 0.264 e. The lowest BCUT2D eigenvalue weighted by molar-refractivity contribution is -0.119. The molecule has 0 aliphatic rings. The van der Waals surface area contributed by atoms with Crippen molar-refractivity contribution in [3.63, 3.8) is 0 Å². The molecule has 0 fully saturated rings. The lowest BCUT2D eigenvalue weighted by Crippen LogP contribution is -2.41. The number of nitrogens with zero attached hydrogens (tertiary/aromatic N) is 5. The van der Waals surface area contributed by atoms with Gasteiger partial charge in [-0.1, -0.05) is 18.2 Å². The first-order chi connectivity index (χ1) is 14.9. The summed E-state index contributed by atoms with van der Waals surface area (Å²) >= 11 is 0. The summed E-state index contributed by atoms with van der Waals surface area (Å²) in [6.07, 6.45) is 2.87. The summed E-state index contributed by atoms with van der Waals surface area (Å²) in [7, 11) is 1.72. The van der Waals surface area contributed by atoms with Crippen molar-refractivity contribution in [3.8, 4) is 0 Å². The van der Waals surface area contributed by atoms with Crippen molar-refractivity contribution >= 4 is 34.0 Å². The summed E-state index contributed by atoms with van der Waals surface area (Å²) in [5, 5.41) is 7.79. The molecule has 2 aromatic carbocycles. The molecule has 4 rings (SSSR count). The number of hydrogen-bond acceptors (Lipinski definition) is 5. The highest BCUT2D eigenvalue weighted by Gasteiger charge is 2.20. The first-order valence-corrected chi connectivity index (χ1v) is 10.1. The Morgan fingerprint density at radius 3 is 2.42 bits per heavy atom. The zero-order valence-electron chi connectivity index (χ0n) is 17.7. The average molecular weight is 416 g/mol. The van der Waals surface area contributed by atoms with Gasteiger partial charge >= 0.3 is 0 Å². The number of amides is 1. The van der Waals surface area contributed by atoms with Crippen LogP contribution >= 0.6 is 0 Å². The third-order valence-corrected chi connectivity index (χ3v) is 5.02. The molecule has 1 N–H and O–H groups in total. The molecule has 4 aromatic rings. The van der Waals surface area contributed by atoms with E-state index in [9.17, 15) is 9.59 Å². The Morgan fingerprint density at radius 1 is 1.06 bits per heavy atom. The van der Waals surface area contributed by atoms with Crippen molar-refractivity contribution in [1.82, 2.24) is 19.3 Å². The topological polar surface area (TPSA) is 85.1 Å². The molecule has 0 aliphatic carbocycles. The second kappa shape index (κ2) is 8.43. The monoisotopic (exact) mass is 416 g/mol. The number of aryl methyl sites for hydroxylation is 1. The van der Waals surface area contributed by atoms with Crippen LogP contribution in [0.15, 0.2) is 71.9 Å². The Kier molecular flexibility index (Phi) is 5.53. The van der Waals surface area contributed by atoms with Crippen LogP contribution in [-0.4, -0.2) is 31.3 Å². The highest BCUT2D eigenvalue weighted by atomic mass is 16.2. The summed E-state index contributed by atoms with van der Waals surface area (Å²) < 4.78 is 2.86. The van der Waals surface area contributed by atoms with Crippen molar-refractivity contribution in [3.05, 3.63) is 77.5 Å². The van der Waals surface area contributed by atoms with E-state index >= 15 is 0 Å². The van der Waals surface area contributed by atoms with Crippen molar-refractivity contribution in [2.24, 2.45) is 7.05 Å². The number of nitrogens with one attached hydrogen (secondary N) is 1. The first kappa shape index (κ1) is 20.3. The molecule has 0 saturated heterocycles. The van der Waals surface area contributed by atoms with Crippen LogP contribution in [0.3, 0.4) is 0 Å². The van der Waals surface area contributed by atoms with Crippen molar-refractivity contribution < 1.29 is 4.79 Å². The lowest BCUT2D eigenvalue weighted by atomic mass is 10.2. The van der Waals surface area contributed by atoms with Gasteiger partial charge in [-0.05, 0) is 50.2 Å². The number of carbonyl (C=O) groups is 1. The number of aromatic nitrogens is 4. The molecule has 0 unspecified atom stereocenters. The average Bonchev–Trinajstić information content (AvgIpc) is 3.13. The molecular weight excluding hydrogens is 392 g/mol. The molecule has 0 spiro atoms. The van der Waals surface area contributed by atoms with Gasteiger partial charge in [0, 0.05) is 30.2 Å².